The van der Waals surface area contributed by atoms with Crippen molar-refractivity contribution in [3.8, 4) is 0 Å². The lowest BCUT2D eigenvalue weighted by Crippen LogP contribution is -2.39. The number of nitrogen functional groups attached to an aromatic ring is 1. The van der Waals surface area contributed by atoms with Gasteiger partial charge in [-0.25, -0.2) is 9.18 Å². The molecule has 20 heavy (non-hydrogen) atoms. The maximum atomic E-state index is 13.8. The standard InChI is InChI=1S/C12H14F4N2O2/c1-6(2)18(5-12(14,15)16)10-3-7(11(19)20)9(17)4-8(10)13/h3-4,6H,5,17H2,1-2H3,(H,19,20). The first-order valence-electron chi connectivity index (χ1n) is 5.68. The molecule has 8 heteroatoms. The van der Waals surface area contributed by atoms with E-state index in [2.05, 4.69) is 0 Å². The smallest absolute Gasteiger partial charge is 0.405 e. The third-order valence-corrected chi connectivity index (χ3v) is 2.63. The Hall–Kier alpha value is -1.99. The Morgan fingerprint density at radius 2 is 1.95 bits per heavy atom. The van der Waals surface area contributed by atoms with Gasteiger partial charge in [0.1, 0.15) is 12.4 Å². The summed E-state index contributed by atoms with van der Waals surface area (Å²) in [5.74, 6) is -2.43. The summed E-state index contributed by atoms with van der Waals surface area (Å²) in [6.07, 6.45) is -4.54. The molecule has 0 radical (unpaired) electrons. The minimum Gasteiger partial charge on any atom is -0.478 e. The van der Waals surface area contributed by atoms with Gasteiger partial charge >= 0.3 is 12.1 Å². The van der Waals surface area contributed by atoms with Crippen LogP contribution in [0.1, 0.15) is 24.2 Å². The first-order chi connectivity index (χ1) is 9.03. The van der Waals surface area contributed by atoms with Crippen LogP contribution in [0.5, 0.6) is 0 Å². The van der Waals surface area contributed by atoms with E-state index >= 15 is 0 Å². The van der Waals surface area contributed by atoms with Gasteiger partial charge in [-0.05, 0) is 26.0 Å². The molecule has 0 amide bonds. The van der Waals surface area contributed by atoms with E-state index in [-0.39, 0.29) is 5.69 Å². The zero-order valence-corrected chi connectivity index (χ0v) is 10.8. The average molecular weight is 294 g/mol. The minimum atomic E-state index is -4.54. The third-order valence-electron chi connectivity index (χ3n) is 2.63. The highest BCUT2D eigenvalue weighted by Gasteiger charge is 2.33. The fraction of sp³-hybridized carbons (Fsp3) is 0.417. The van der Waals surface area contributed by atoms with Crippen LogP contribution in [0.25, 0.3) is 0 Å². The molecular weight excluding hydrogens is 280 g/mol. The number of hydrogen-bond acceptors (Lipinski definition) is 3. The van der Waals surface area contributed by atoms with Gasteiger partial charge in [0.25, 0.3) is 0 Å². The maximum Gasteiger partial charge on any atom is 0.405 e. The molecule has 4 nitrogen and oxygen atoms in total. The summed E-state index contributed by atoms with van der Waals surface area (Å²) < 4.78 is 51.3. The normalized spacial score (nSPS) is 11.8. The molecule has 1 aromatic carbocycles. The molecular formula is C12H14F4N2O2. The summed E-state index contributed by atoms with van der Waals surface area (Å²) in [6.45, 7) is 1.51. The van der Waals surface area contributed by atoms with Crippen molar-refractivity contribution in [3.05, 3.63) is 23.5 Å². The zero-order chi connectivity index (χ0) is 15.7. The highest BCUT2D eigenvalue weighted by Crippen LogP contribution is 2.30. The Morgan fingerprint density at radius 3 is 2.35 bits per heavy atom. The maximum absolute atomic E-state index is 13.8. The molecule has 0 unspecified atom stereocenters. The van der Waals surface area contributed by atoms with Crippen molar-refractivity contribution in [2.45, 2.75) is 26.1 Å². The minimum absolute atomic E-state index is 0.338. The molecule has 0 aromatic heterocycles. The Kier molecular flexibility index (Phi) is 4.46. The van der Waals surface area contributed by atoms with E-state index in [1.807, 2.05) is 0 Å². The summed E-state index contributed by atoms with van der Waals surface area (Å²) in [7, 11) is 0. The number of carboxylic acids is 1. The second kappa shape index (κ2) is 5.56. The molecule has 3 N–H and O–H groups in total. The highest BCUT2D eigenvalue weighted by molar-refractivity contribution is 5.95. The van der Waals surface area contributed by atoms with Crippen LogP contribution in [0.15, 0.2) is 12.1 Å². The number of nitrogens with two attached hydrogens (primary N) is 1. The second-order valence-corrected chi connectivity index (χ2v) is 4.53. The molecule has 0 aliphatic heterocycles. The highest BCUT2D eigenvalue weighted by atomic mass is 19.4. The van der Waals surface area contributed by atoms with Crippen LogP contribution in [-0.4, -0.2) is 29.8 Å². The van der Waals surface area contributed by atoms with Gasteiger partial charge in [-0.3, -0.25) is 0 Å². The van der Waals surface area contributed by atoms with Crippen LogP contribution in [0.2, 0.25) is 0 Å². The third kappa shape index (κ3) is 3.75. The van der Waals surface area contributed by atoms with Crippen molar-refractivity contribution in [1.82, 2.24) is 0 Å². The average Bonchev–Trinajstić information content (AvgIpc) is 2.24. The number of carbonyl (C=O) groups is 1. The largest absolute Gasteiger partial charge is 0.478 e. The van der Waals surface area contributed by atoms with E-state index in [4.69, 9.17) is 10.8 Å². The van der Waals surface area contributed by atoms with E-state index < -0.39 is 41.8 Å². The van der Waals surface area contributed by atoms with Crippen molar-refractivity contribution in [3.63, 3.8) is 0 Å². The van der Waals surface area contributed by atoms with E-state index in [1.165, 1.54) is 13.8 Å². The molecule has 0 aliphatic carbocycles. The summed E-state index contributed by atoms with van der Waals surface area (Å²) >= 11 is 0. The fourth-order valence-electron chi connectivity index (χ4n) is 1.72. The van der Waals surface area contributed by atoms with Crippen LogP contribution in [0.4, 0.5) is 28.9 Å². The molecule has 1 aromatic rings. The van der Waals surface area contributed by atoms with Crippen LogP contribution in [0, 0.1) is 5.82 Å². The SMILES string of the molecule is CC(C)N(CC(F)(F)F)c1cc(C(=O)O)c(N)cc1F. The van der Waals surface area contributed by atoms with Crippen LogP contribution >= 0.6 is 0 Å². The predicted octanol–water partition coefficient (Wildman–Crippen LogP) is 2.88. The number of anilines is 2. The van der Waals surface area contributed by atoms with Crippen LogP contribution < -0.4 is 10.6 Å². The summed E-state index contributed by atoms with van der Waals surface area (Å²) in [5, 5.41) is 8.89. The van der Waals surface area contributed by atoms with E-state index in [1.54, 1.807) is 0 Å². The lowest BCUT2D eigenvalue weighted by Gasteiger charge is -2.30. The van der Waals surface area contributed by atoms with Gasteiger partial charge in [0, 0.05) is 11.7 Å². The number of carboxylic acid groups (broad SMARTS) is 1. The van der Waals surface area contributed by atoms with Gasteiger partial charge in [-0.1, -0.05) is 0 Å². The van der Waals surface area contributed by atoms with Crippen molar-refractivity contribution in [1.29, 1.82) is 0 Å². The molecule has 0 atom stereocenters. The molecule has 0 aliphatic rings. The van der Waals surface area contributed by atoms with Gasteiger partial charge in [0.15, 0.2) is 0 Å². The van der Waals surface area contributed by atoms with Crippen molar-refractivity contribution in [2.75, 3.05) is 17.2 Å². The van der Waals surface area contributed by atoms with Crippen LogP contribution in [0.3, 0.4) is 0 Å². The molecule has 0 saturated heterocycles. The topological polar surface area (TPSA) is 66.6 Å². The van der Waals surface area contributed by atoms with E-state index in [0.29, 0.717) is 6.07 Å². The molecule has 0 spiro atoms. The Balaban J connectivity index is 3.33. The number of rotatable bonds is 4. The number of benzene rings is 1. The van der Waals surface area contributed by atoms with Gasteiger partial charge in [0.2, 0.25) is 0 Å². The number of alkyl halides is 3. The summed E-state index contributed by atoms with van der Waals surface area (Å²) in [6, 6.07) is 0.861. The molecule has 1 rings (SSSR count). The number of nitrogens with zero attached hydrogens (tertiary/aromatic N) is 1. The number of aromatic carboxylic acids is 1. The van der Waals surface area contributed by atoms with Crippen molar-refractivity contribution in [2.24, 2.45) is 0 Å². The Labute approximate surface area is 112 Å². The fourth-order valence-corrected chi connectivity index (χ4v) is 1.72. The zero-order valence-electron chi connectivity index (χ0n) is 10.8. The monoisotopic (exact) mass is 294 g/mol. The summed E-state index contributed by atoms with van der Waals surface area (Å²) in [4.78, 5) is 11.7. The first kappa shape index (κ1) is 16.1. The lowest BCUT2D eigenvalue weighted by molar-refractivity contribution is -0.120. The first-order valence-corrected chi connectivity index (χ1v) is 5.68. The molecule has 0 fully saturated rings. The second-order valence-electron chi connectivity index (χ2n) is 4.53. The van der Waals surface area contributed by atoms with Gasteiger partial charge in [0.05, 0.1) is 11.3 Å². The number of hydrogen-bond donors (Lipinski definition) is 2. The Bertz CT molecular complexity index is 515. The lowest BCUT2D eigenvalue weighted by atomic mass is 10.1. The van der Waals surface area contributed by atoms with Gasteiger partial charge in [-0.2, -0.15) is 13.2 Å². The Morgan fingerprint density at radius 1 is 1.40 bits per heavy atom. The van der Waals surface area contributed by atoms with Crippen molar-refractivity contribution < 1.29 is 27.5 Å². The van der Waals surface area contributed by atoms with E-state index in [9.17, 15) is 22.4 Å². The number of halogens is 4. The van der Waals surface area contributed by atoms with Gasteiger partial charge < -0.3 is 15.7 Å². The van der Waals surface area contributed by atoms with Gasteiger partial charge in [-0.15, -0.1) is 0 Å². The molecule has 112 valence electrons. The molecule has 0 saturated carbocycles. The quantitative estimate of drug-likeness (QED) is 0.662. The van der Waals surface area contributed by atoms with E-state index in [0.717, 1.165) is 11.0 Å². The predicted molar refractivity (Wildman–Crippen MR) is 66.3 cm³/mol. The van der Waals surface area contributed by atoms with Crippen molar-refractivity contribution >= 4 is 17.3 Å². The summed E-state index contributed by atoms with van der Waals surface area (Å²) in [5.41, 5.74) is 4.12. The molecule has 0 heterocycles. The molecule has 0 bridgehead atoms. The van der Waals surface area contributed by atoms with Crippen LogP contribution in [-0.2, 0) is 0 Å².